The summed E-state index contributed by atoms with van der Waals surface area (Å²) in [4.78, 5) is 14.5. The summed E-state index contributed by atoms with van der Waals surface area (Å²) in [5.41, 5.74) is 1.59. The van der Waals surface area contributed by atoms with Crippen molar-refractivity contribution in [1.29, 1.82) is 0 Å². The third kappa shape index (κ3) is 3.44. The lowest BCUT2D eigenvalue weighted by atomic mass is 9.87. The van der Waals surface area contributed by atoms with Crippen LogP contribution in [0.1, 0.15) is 31.4 Å². The highest BCUT2D eigenvalue weighted by Crippen LogP contribution is 2.35. The molecule has 0 aliphatic carbocycles. The molecule has 0 saturated carbocycles. The summed E-state index contributed by atoms with van der Waals surface area (Å²) in [6.45, 7) is 6.93. The first-order valence-corrected chi connectivity index (χ1v) is 7.94. The molecular weight excluding hydrogens is 262 g/mol. The maximum Gasteiger partial charge on any atom is 0.234 e. The summed E-state index contributed by atoms with van der Waals surface area (Å²) in [5, 5.41) is 6.56. The first kappa shape index (κ1) is 14.5. The fraction of sp³-hybridized carbons (Fsp3) is 0.588. The van der Waals surface area contributed by atoms with Gasteiger partial charge in [-0.15, -0.1) is 0 Å². The van der Waals surface area contributed by atoms with Crippen LogP contribution in [0.15, 0.2) is 30.3 Å². The third-order valence-electron chi connectivity index (χ3n) is 4.89. The summed E-state index contributed by atoms with van der Waals surface area (Å²) >= 11 is 0. The molecule has 0 aromatic heterocycles. The quantitative estimate of drug-likeness (QED) is 0.883. The number of hydrogen-bond acceptors (Lipinski definition) is 3. The second-order valence-electron chi connectivity index (χ2n) is 6.59. The van der Waals surface area contributed by atoms with E-state index in [2.05, 4.69) is 27.7 Å². The van der Waals surface area contributed by atoms with Crippen LogP contribution in [0.4, 0.5) is 0 Å². The Labute approximate surface area is 126 Å². The maximum atomic E-state index is 12.2. The molecule has 2 fully saturated rings. The van der Waals surface area contributed by atoms with Crippen LogP contribution in [0, 0.1) is 5.41 Å². The van der Waals surface area contributed by atoms with Crippen LogP contribution < -0.4 is 10.6 Å². The molecular formula is C17H25N3O. The second kappa shape index (κ2) is 6.16. The number of likely N-dealkylation sites (tertiary alicyclic amines) is 1. The van der Waals surface area contributed by atoms with Crippen molar-refractivity contribution >= 4 is 5.91 Å². The van der Waals surface area contributed by atoms with E-state index in [1.165, 1.54) is 12.8 Å². The lowest BCUT2D eigenvalue weighted by Gasteiger charge is -2.23. The van der Waals surface area contributed by atoms with E-state index in [0.717, 1.165) is 31.7 Å². The highest BCUT2D eigenvalue weighted by Gasteiger charge is 2.40. The average Bonchev–Trinajstić information content (AvgIpc) is 3.10. The maximum absolute atomic E-state index is 12.2. The molecule has 1 spiro atoms. The molecule has 0 radical (unpaired) electrons. The SMILES string of the molecule is CC(NC(=O)CN1CCC2(CCNC2)C1)c1ccccc1. The Bertz CT molecular complexity index is 482. The van der Waals surface area contributed by atoms with E-state index >= 15 is 0 Å². The predicted octanol–water partition coefficient (Wildman–Crippen LogP) is 1.55. The van der Waals surface area contributed by atoms with Crippen LogP contribution in [0.3, 0.4) is 0 Å². The van der Waals surface area contributed by atoms with Gasteiger partial charge in [0, 0.05) is 13.1 Å². The van der Waals surface area contributed by atoms with Crippen LogP contribution in [0.2, 0.25) is 0 Å². The lowest BCUT2D eigenvalue weighted by Crippen LogP contribution is -2.38. The Morgan fingerprint density at radius 2 is 2.19 bits per heavy atom. The number of amides is 1. The van der Waals surface area contributed by atoms with Gasteiger partial charge in [-0.2, -0.15) is 0 Å². The van der Waals surface area contributed by atoms with Gasteiger partial charge in [0.15, 0.2) is 0 Å². The number of carbonyl (C=O) groups is 1. The van der Waals surface area contributed by atoms with Crippen molar-refractivity contribution in [2.75, 3.05) is 32.7 Å². The van der Waals surface area contributed by atoms with Crippen LogP contribution in [-0.2, 0) is 4.79 Å². The van der Waals surface area contributed by atoms with Crippen LogP contribution in [-0.4, -0.2) is 43.5 Å². The number of benzene rings is 1. The molecule has 1 aromatic carbocycles. The number of carbonyl (C=O) groups excluding carboxylic acids is 1. The molecule has 1 amide bonds. The number of nitrogens with zero attached hydrogens (tertiary/aromatic N) is 1. The molecule has 2 aliphatic heterocycles. The molecule has 114 valence electrons. The van der Waals surface area contributed by atoms with Gasteiger partial charge in [-0.3, -0.25) is 9.69 Å². The van der Waals surface area contributed by atoms with Crippen molar-refractivity contribution in [1.82, 2.24) is 15.5 Å². The Kier molecular flexibility index (Phi) is 4.27. The van der Waals surface area contributed by atoms with E-state index in [9.17, 15) is 4.79 Å². The molecule has 2 saturated heterocycles. The van der Waals surface area contributed by atoms with Gasteiger partial charge in [-0.1, -0.05) is 30.3 Å². The number of hydrogen-bond donors (Lipinski definition) is 2. The zero-order valence-electron chi connectivity index (χ0n) is 12.8. The molecule has 21 heavy (non-hydrogen) atoms. The minimum absolute atomic E-state index is 0.0726. The third-order valence-corrected chi connectivity index (χ3v) is 4.89. The summed E-state index contributed by atoms with van der Waals surface area (Å²) < 4.78 is 0. The van der Waals surface area contributed by atoms with Gasteiger partial charge in [-0.05, 0) is 43.8 Å². The topological polar surface area (TPSA) is 44.4 Å². The lowest BCUT2D eigenvalue weighted by molar-refractivity contribution is -0.122. The minimum Gasteiger partial charge on any atom is -0.348 e. The van der Waals surface area contributed by atoms with E-state index < -0.39 is 0 Å². The van der Waals surface area contributed by atoms with E-state index in [1.807, 2.05) is 25.1 Å². The molecule has 3 rings (SSSR count). The first-order valence-electron chi connectivity index (χ1n) is 7.94. The number of rotatable bonds is 4. The molecule has 2 aliphatic rings. The molecule has 4 heteroatoms. The van der Waals surface area contributed by atoms with E-state index in [1.54, 1.807) is 0 Å². The van der Waals surface area contributed by atoms with E-state index in [-0.39, 0.29) is 11.9 Å². The van der Waals surface area contributed by atoms with Gasteiger partial charge in [0.1, 0.15) is 0 Å². The Morgan fingerprint density at radius 1 is 1.38 bits per heavy atom. The summed E-state index contributed by atoms with van der Waals surface area (Å²) in [7, 11) is 0. The summed E-state index contributed by atoms with van der Waals surface area (Å²) in [6, 6.07) is 10.2. The van der Waals surface area contributed by atoms with Gasteiger partial charge >= 0.3 is 0 Å². The molecule has 2 unspecified atom stereocenters. The van der Waals surface area contributed by atoms with Crippen molar-refractivity contribution < 1.29 is 4.79 Å². The normalized spacial score (nSPS) is 27.1. The smallest absolute Gasteiger partial charge is 0.234 e. The van der Waals surface area contributed by atoms with Crippen molar-refractivity contribution in [3.63, 3.8) is 0 Å². The van der Waals surface area contributed by atoms with Crippen molar-refractivity contribution in [2.24, 2.45) is 5.41 Å². The highest BCUT2D eigenvalue weighted by atomic mass is 16.2. The molecule has 4 nitrogen and oxygen atoms in total. The summed E-state index contributed by atoms with van der Waals surface area (Å²) in [5.74, 6) is 0.134. The zero-order chi connectivity index (χ0) is 14.7. The van der Waals surface area contributed by atoms with Crippen molar-refractivity contribution in [3.05, 3.63) is 35.9 Å². The molecule has 2 N–H and O–H groups in total. The van der Waals surface area contributed by atoms with Crippen LogP contribution >= 0.6 is 0 Å². The Morgan fingerprint density at radius 3 is 2.90 bits per heavy atom. The highest BCUT2D eigenvalue weighted by molar-refractivity contribution is 5.78. The summed E-state index contributed by atoms with van der Waals surface area (Å²) in [6.07, 6.45) is 2.48. The minimum atomic E-state index is 0.0726. The van der Waals surface area contributed by atoms with Gasteiger partial charge in [0.05, 0.1) is 12.6 Å². The van der Waals surface area contributed by atoms with Crippen LogP contribution in [0.5, 0.6) is 0 Å². The predicted molar refractivity (Wildman–Crippen MR) is 84.0 cm³/mol. The van der Waals surface area contributed by atoms with Gasteiger partial charge in [0.25, 0.3) is 0 Å². The largest absolute Gasteiger partial charge is 0.348 e. The first-order chi connectivity index (χ1) is 10.2. The monoisotopic (exact) mass is 287 g/mol. The fourth-order valence-electron chi connectivity index (χ4n) is 3.62. The molecule has 2 atom stereocenters. The standard InChI is InChI=1S/C17H25N3O/c1-14(15-5-3-2-4-6-15)19-16(21)11-20-10-8-17(13-20)7-9-18-12-17/h2-6,14,18H,7-13H2,1H3,(H,19,21). The van der Waals surface area contributed by atoms with Crippen LogP contribution in [0.25, 0.3) is 0 Å². The van der Waals surface area contributed by atoms with E-state index in [0.29, 0.717) is 12.0 Å². The Hall–Kier alpha value is -1.39. The van der Waals surface area contributed by atoms with Gasteiger partial charge < -0.3 is 10.6 Å². The van der Waals surface area contributed by atoms with E-state index in [4.69, 9.17) is 0 Å². The molecule has 0 bridgehead atoms. The van der Waals surface area contributed by atoms with Crippen molar-refractivity contribution in [3.8, 4) is 0 Å². The van der Waals surface area contributed by atoms with Gasteiger partial charge in [0.2, 0.25) is 5.91 Å². The molecule has 1 aromatic rings. The Balaban J connectivity index is 1.49. The zero-order valence-corrected chi connectivity index (χ0v) is 12.8. The average molecular weight is 287 g/mol. The number of nitrogens with one attached hydrogen (secondary N) is 2. The molecule has 2 heterocycles. The van der Waals surface area contributed by atoms with Gasteiger partial charge in [-0.25, -0.2) is 0 Å². The fourth-order valence-corrected chi connectivity index (χ4v) is 3.62. The van der Waals surface area contributed by atoms with Crippen molar-refractivity contribution in [2.45, 2.75) is 25.8 Å². The second-order valence-corrected chi connectivity index (χ2v) is 6.59.